The van der Waals surface area contributed by atoms with Crippen molar-refractivity contribution < 1.29 is 14.3 Å². The number of hydrogen-bond donors (Lipinski definition) is 1. The number of carboxylic acid groups (broad SMARTS) is 1. The lowest BCUT2D eigenvalue weighted by molar-refractivity contribution is -0.148. The van der Waals surface area contributed by atoms with Gasteiger partial charge in [-0.1, -0.05) is 17.7 Å². The number of aliphatic carboxylic acids is 1. The summed E-state index contributed by atoms with van der Waals surface area (Å²) in [6, 6.07) is 4.51. The van der Waals surface area contributed by atoms with Crippen molar-refractivity contribution in [3.63, 3.8) is 0 Å². The van der Waals surface area contributed by atoms with Gasteiger partial charge < -0.3 is 5.11 Å². The highest BCUT2D eigenvalue weighted by atomic mass is 35.5. The number of benzene rings is 1. The van der Waals surface area contributed by atoms with Gasteiger partial charge in [-0.15, -0.1) is 0 Å². The summed E-state index contributed by atoms with van der Waals surface area (Å²) >= 11 is 5.97. The molecule has 3 nitrogen and oxygen atoms in total. The highest BCUT2D eigenvalue weighted by Crippen LogP contribution is 2.32. The largest absolute Gasteiger partial charge is 0.480 e. The zero-order valence-electron chi connectivity index (χ0n) is 10.1. The first-order chi connectivity index (χ1) is 8.45. The molecule has 0 bridgehead atoms. The van der Waals surface area contributed by atoms with Crippen molar-refractivity contribution in [3.05, 3.63) is 34.6 Å². The Labute approximate surface area is 110 Å². The second-order valence-corrected chi connectivity index (χ2v) is 5.21. The lowest BCUT2D eigenvalue weighted by atomic mass is 9.99. The molecule has 0 amide bonds. The quantitative estimate of drug-likeness (QED) is 0.919. The number of halogens is 2. The van der Waals surface area contributed by atoms with Crippen molar-refractivity contribution in [2.24, 2.45) is 0 Å². The van der Waals surface area contributed by atoms with Gasteiger partial charge in [0.05, 0.1) is 0 Å². The van der Waals surface area contributed by atoms with E-state index in [1.165, 1.54) is 6.07 Å². The van der Waals surface area contributed by atoms with Crippen LogP contribution >= 0.6 is 11.6 Å². The molecule has 1 aliphatic heterocycles. The van der Waals surface area contributed by atoms with E-state index in [-0.39, 0.29) is 12.4 Å². The molecule has 98 valence electrons. The Kier molecular flexibility index (Phi) is 3.59. The molecule has 1 N–H and O–H groups in total. The van der Waals surface area contributed by atoms with Crippen molar-refractivity contribution in [2.45, 2.75) is 31.8 Å². The van der Waals surface area contributed by atoms with Gasteiger partial charge in [-0.2, -0.15) is 0 Å². The molecule has 1 saturated heterocycles. The van der Waals surface area contributed by atoms with Crippen molar-refractivity contribution in [3.8, 4) is 0 Å². The normalized spacial score (nSPS) is 24.4. The first kappa shape index (κ1) is 13.3. The van der Waals surface area contributed by atoms with Crippen LogP contribution in [0.25, 0.3) is 0 Å². The van der Waals surface area contributed by atoms with E-state index in [9.17, 15) is 14.3 Å². The molecule has 1 atom stereocenters. The summed E-state index contributed by atoms with van der Waals surface area (Å²) in [5.74, 6) is -1.25. The van der Waals surface area contributed by atoms with Crippen LogP contribution in [0.15, 0.2) is 18.2 Å². The zero-order chi connectivity index (χ0) is 13.3. The summed E-state index contributed by atoms with van der Waals surface area (Å²) in [5.41, 5.74) is -0.556. The van der Waals surface area contributed by atoms with Crippen LogP contribution in [0.5, 0.6) is 0 Å². The molecule has 5 heteroatoms. The fourth-order valence-electron chi connectivity index (χ4n) is 2.39. The Morgan fingerprint density at radius 2 is 2.33 bits per heavy atom. The molecule has 0 aromatic heterocycles. The standard InChI is InChI=1S/C13H15ClFNO2/c1-13(12(17)18)6-3-7-16(13)8-9-10(14)4-2-5-11(9)15/h2,4-5H,3,6-8H2,1H3,(H,17,18). The summed E-state index contributed by atoms with van der Waals surface area (Å²) in [6.07, 6.45) is 1.38. The van der Waals surface area contributed by atoms with Gasteiger partial charge in [0.25, 0.3) is 0 Å². The SMILES string of the molecule is CC1(C(=O)O)CCCN1Cc1c(F)cccc1Cl. The van der Waals surface area contributed by atoms with Gasteiger partial charge in [-0.25, -0.2) is 4.39 Å². The lowest BCUT2D eigenvalue weighted by Crippen LogP contribution is -2.47. The second kappa shape index (κ2) is 4.86. The highest BCUT2D eigenvalue weighted by Gasteiger charge is 2.43. The Morgan fingerprint density at radius 3 is 2.94 bits per heavy atom. The summed E-state index contributed by atoms with van der Waals surface area (Å²) in [5, 5.41) is 9.63. The molecule has 0 saturated carbocycles. The Balaban J connectivity index is 2.26. The van der Waals surface area contributed by atoms with E-state index in [1.54, 1.807) is 24.0 Å². The topological polar surface area (TPSA) is 40.5 Å². The van der Waals surface area contributed by atoms with Gasteiger partial charge in [-0.3, -0.25) is 9.69 Å². The van der Waals surface area contributed by atoms with Crippen LogP contribution in [0, 0.1) is 5.82 Å². The van der Waals surface area contributed by atoms with E-state index in [2.05, 4.69) is 0 Å². The van der Waals surface area contributed by atoms with Crippen LogP contribution in [0.3, 0.4) is 0 Å². The third-order valence-corrected chi connectivity index (χ3v) is 4.02. The summed E-state index contributed by atoms with van der Waals surface area (Å²) < 4.78 is 13.7. The third-order valence-electron chi connectivity index (χ3n) is 3.66. The zero-order valence-corrected chi connectivity index (χ0v) is 10.9. The van der Waals surface area contributed by atoms with E-state index >= 15 is 0 Å². The number of rotatable bonds is 3. The van der Waals surface area contributed by atoms with Gasteiger partial charge in [0.1, 0.15) is 11.4 Å². The van der Waals surface area contributed by atoms with Gasteiger partial charge in [0.15, 0.2) is 0 Å². The summed E-state index contributed by atoms with van der Waals surface area (Å²) in [6.45, 7) is 2.55. The maximum Gasteiger partial charge on any atom is 0.323 e. The minimum Gasteiger partial charge on any atom is -0.480 e. The van der Waals surface area contributed by atoms with Crippen LogP contribution in [0.2, 0.25) is 5.02 Å². The van der Waals surface area contributed by atoms with Crippen LogP contribution < -0.4 is 0 Å². The van der Waals surface area contributed by atoms with E-state index in [0.717, 1.165) is 6.42 Å². The molecule has 1 heterocycles. The van der Waals surface area contributed by atoms with Crippen LogP contribution in [-0.4, -0.2) is 28.1 Å². The molecular weight excluding hydrogens is 257 g/mol. The average molecular weight is 272 g/mol. The van der Waals surface area contributed by atoms with Crippen LogP contribution in [0.1, 0.15) is 25.3 Å². The van der Waals surface area contributed by atoms with E-state index < -0.39 is 11.5 Å². The Bertz CT molecular complexity index is 460. The molecule has 1 aliphatic rings. The highest BCUT2D eigenvalue weighted by molar-refractivity contribution is 6.31. The Morgan fingerprint density at radius 1 is 1.61 bits per heavy atom. The summed E-state index contributed by atoms with van der Waals surface area (Å²) in [4.78, 5) is 13.1. The minimum atomic E-state index is -0.925. The predicted octanol–water partition coefficient (Wildman–Crippen LogP) is 2.92. The van der Waals surface area contributed by atoms with Gasteiger partial charge in [-0.05, 0) is 38.4 Å². The minimum absolute atomic E-state index is 0.230. The first-order valence-corrected chi connectivity index (χ1v) is 6.24. The van der Waals surface area contributed by atoms with Crippen molar-refractivity contribution in [1.29, 1.82) is 0 Å². The van der Waals surface area contributed by atoms with Crippen LogP contribution in [-0.2, 0) is 11.3 Å². The third kappa shape index (κ3) is 2.22. The van der Waals surface area contributed by atoms with Crippen molar-refractivity contribution >= 4 is 17.6 Å². The molecule has 0 radical (unpaired) electrons. The number of likely N-dealkylation sites (tertiary alicyclic amines) is 1. The van der Waals surface area contributed by atoms with Gasteiger partial charge in [0.2, 0.25) is 0 Å². The van der Waals surface area contributed by atoms with E-state index in [4.69, 9.17) is 11.6 Å². The molecular formula is C13H15ClFNO2. The number of hydrogen-bond acceptors (Lipinski definition) is 2. The lowest BCUT2D eigenvalue weighted by Gasteiger charge is -2.31. The van der Waals surface area contributed by atoms with Gasteiger partial charge >= 0.3 is 5.97 Å². The first-order valence-electron chi connectivity index (χ1n) is 5.86. The maximum absolute atomic E-state index is 13.7. The predicted molar refractivity (Wildman–Crippen MR) is 67.1 cm³/mol. The number of nitrogens with zero attached hydrogens (tertiary/aromatic N) is 1. The molecule has 0 spiro atoms. The fraction of sp³-hybridized carbons (Fsp3) is 0.462. The Hall–Kier alpha value is -1.13. The fourth-order valence-corrected chi connectivity index (χ4v) is 2.61. The molecule has 2 rings (SSSR count). The van der Waals surface area contributed by atoms with E-state index in [0.29, 0.717) is 23.6 Å². The molecule has 1 aromatic rings. The van der Waals surface area contributed by atoms with Crippen LogP contribution in [0.4, 0.5) is 4.39 Å². The second-order valence-electron chi connectivity index (χ2n) is 4.80. The monoisotopic (exact) mass is 271 g/mol. The summed E-state index contributed by atoms with van der Waals surface area (Å²) in [7, 11) is 0. The van der Waals surface area contributed by atoms with Crippen molar-refractivity contribution in [1.82, 2.24) is 4.90 Å². The number of carboxylic acids is 1. The molecule has 1 fully saturated rings. The maximum atomic E-state index is 13.7. The molecule has 1 unspecified atom stereocenters. The molecule has 0 aliphatic carbocycles. The number of carbonyl (C=O) groups is 1. The van der Waals surface area contributed by atoms with E-state index in [1.807, 2.05) is 0 Å². The van der Waals surface area contributed by atoms with Crippen molar-refractivity contribution in [2.75, 3.05) is 6.54 Å². The van der Waals surface area contributed by atoms with Gasteiger partial charge in [0, 0.05) is 17.1 Å². The molecule has 1 aromatic carbocycles. The average Bonchev–Trinajstić information content (AvgIpc) is 2.67. The molecule has 18 heavy (non-hydrogen) atoms. The smallest absolute Gasteiger partial charge is 0.323 e.